The Morgan fingerprint density at radius 1 is 1.50 bits per heavy atom. The van der Waals surface area contributed by atoms with E-state index in [1.807, 2.05) is 17.7 Å². The summed E-state index contributed by atoms with van der Waals surface area (Å²) in [5, 5.41) is 3.28. The number of hydrogen-bond donors (Lipinski definition) is 1. The first kappa shape index (κ1) is 15.1. The van der Waals surface area contributed by atoms with Crippen molar-refractivity contribution in [2.45, 2.75) is 26.8 Å². The molecule has 0 bridgehead atoms. The van der Waals surface area contributed by atoms with Gasteiger partial charge in [0.2, 0.25) is 0 Å². The fourth-order valence-corrected chi connectivity index (χ4v) is 2.48. The predicted molar refractivity (Wildman–Crippen MR) is 84.4 cm³/mol. The summed E-state index contributed by atoms with van der Waals surface area (Å²) in [6, 6.07) is 3.61. The topological polar surface area (TPSA) is 46.9 Å². The number of aromatic nitrogens is 2. The molecule has 0 aliphatic rings. The third kappa shape index (κ3) is 3.41. The lowest BCUT2D eigenvalue weighted by Crippen LogP contribution is -2.17. The van der Waals surface area contributed by atoms with Gasteiger partial charge >= 0.3 is 0 Å². The molecule has 6 heteroatoms. The molecular weight excluding hydrogens is 342 g/mol. The van der Waals surface area contributed by atoms with Crippen LogP contribution in [0.25, 0.3) is 0 Å². The number of anilines is 1. The van der Waals surface area contributed by atoms with Gasteiger partial charge in [-0.3, -0.25) is 4.79 Å². The molecule has 0 aliphatic heterocycles. The van der Waals surface area contributed by atoms with Crippen molar-refractivity contribution in [3.8, 4) is 0 Å². The standard InChI is InChI=1S/C14H15BrClN3O/c1-3-4-19-8-10(15)6-12(19)14(20)18-11-5-9(2)13(16)17-7-11/h5-8H,3-4H2,1-2H3,(H,18,20). The summed E-state index contributed by atoms with van der Waals surface area (Å²) in [7, 11) is 0. The highest BCUT2D eigenvalue weighted by molar-refractivity contribution is 9.10. The van der Waals surface area contributed by atoms with Crippen molar-refractivity contribution in [3.05, 3.63) is 45.4 Å². The first-order valence-corrected chi connectivity index (χ1v) is 7.47. The van der Waals surface area contributed by atoms with Gasteiger partial charge in [0.25, 0.3) is 5.91 Å². The van der Waals surface area contributed by atoms with Crippen molar-refractivity contribution >= 4 is 39.1 Å². The monoisotopic (exact) mass is 355 g/mol. The second kappa shape index (κ2) is 6.41. The minimum absolute atomic E-state index is 0.160. The van der Waals surface area contributed by atoms with Crippen LogP contribution in [0.2, 0.25) is 5.15 Å². The summed E-state index contributed by atoms with van der Waals surface area (Å²) in [6.07, 6.45) is 4.42. The summed E-state index contributed by atoms with van der Waals surface area (Å²) in [5.74, 6) is -0.160. The largest absolute Gasteiger partial charge is 0.342 e. The van der Waals surface area contributed by atoms with E-state index >= 15 is 0 Å². The summed E-state index contributed by atoms with van der Waals surface area (Å²) < 4.78 is 2.82. The molecule has 0 aromatic carbocycles. The van der Waals surface area contributed by atoms with E-state index in [9.17, 15) is 4.79 Å². The van der Waals surface area contributed by atoms with Gasteiger partial charge in [0.15, 0.2) is 0 Å². The fraction of sp³-hybridized carbons (Fsp3) is 0.286. The molecule has 0 atom stereocenters. The highest BCUT2D eigenvalue weighted by Gasteiger charge is 2.13. The number of nitrogens with one attached hydrogen (secondary N) is 1. The lowest BCUT2D eigenvalue weighted by Gasteiger charge is -2.09. The smallest absolute Gasteiger partial charge is 0.272 e. The van der Waals surface area contributed by atoms with E-state index in [1.54, 1.807) is 18.3 Å². The zero-order valence-electron chi connectivity index (χ0n) is 11.3. The number of hydrogen-bond acceptors (Lipinski definition) is 2. The molecular formula is C14H15BrClN3O. The molecule has 4 nitrogen and oxygen atoms in total. The van der Waals surface area contributed by atoms with Crippen LogP contribution in [0.4, 0.5) is 5.69 Å². The molecule has 0 unspecified atom stereocenters. The molecule has 2 rings (SSSR count). The first-order chi connectivity index (χ1) is 9.51. The minimum atomic E-state index is -0.160. The van der Waals surface area contributed by atoms with E-state index in [1.165, 1.54) is 0 Å². The first-order valence-electron chi connectivity index (χ1n) is 6.30. The van der Waals surface area contributed by atoms with Crippen LogP contribution in [0.3, 0.4) is 0 Å². The van der Waals surface area contributed by atoms with Crippen molar-refractivity contribution in [2.24, 2.45) is 0 Å². The van der Waals surface area contributed by atoms with Crippen molar-refractivity contribution in [2.75, 3.05) is 5.32 Å². The van der Waals surface area contributed by atoms with Crippen molar-refractivity contribution in [1.29, 1.82) is 0 Å². The van der Waals surface area contributed by atoms with Crippen LogP contribution in [-0.4, -0.2) is 15.5 Å². The van der Waals surface area contributed by atoms with Crippen LogP contribution in [0, 0.1) is 6.92 Å². The minimum Gasteiger partial charge on any atom is -0.342 e. The quantitative estimate of drug-likeness (QED) is 0.832. The Labute approximate surface area is 131 Å². The number of halogens is 2. The number of pyridine rings is 1. The average molecular weight is 357 g/mol. The maximum atomic E-state index is 12.3. The van der Waals surface area contributed by atoms with Gasteiger partial charge < -0.3 is 9.88 Å². The SMILES string of the molecule is CCCn1cc(Br)cc1C(=O)Nc1cnc(Cl)c(C)c1. The van der Waals surface area contributed by atoms with Gasteiger partial charge in [-0.05, 0) is 47.0 Å². The van der Waals surface area contributed by atoms with Crippen LogP contribution in [0.5, 0.6) is 0 Å². The molecule has 1 amide bonds. The molecule has 0 saturated carbocycles. The van der Waals surface area contributed by atoms with E-state index in [-0.39, 0.29) is 5.91 Å². The van der Waals surface area contributed by atoms with Crippen LogP contribution in [-0.2, 0) is 6.54 Å². The van der Waals surface area contributed by atoms with Gasteiger partial charge in [-0.1, -0.05) is 18.5 Å². The summed E-state index contributed by atoms with van der Waals surface area (Å²) >= 11 is 9.27. The van der Waals surface area contributed by atoms with E-state index in [0.29, 0.717) is 16.5 Å². The number of rotatable bonds is 4. The van der Waals surface area contributed by atoms with E-state index in [2.05, 4.69) is 33.2 Å². The van der Waals surface area contributed by atoms with Gasteiger partial charge in [-0.2, -0.15) is 0 Å². The molecule has 0 fully saturated rings. The van der Waals surface area contributed by atoms with Crippen molar-refractivity contribution in [3.63, 3.8) is 0 Å². The lowest BCUT2D eigenvalue weighted by atomic mass is 10.3. The van der Waals surface area contributed by atoms with E-state index < -0.39 is 0 Å². The second-order valence-electron chi connectivity index (χ2n) is 4.52. The maximum Gasteiger partial charge on any atom is 0.272 e. The molecule has 106 valence electrons. The molecule has 0 spiro atoms. The van der Waals surface area contributed by atoms with Crippen LogP contribution in [0.1, 0.15) is 29.4 Å². The molecule has 2 aromatic rings. The Balaban J connectivity index is 2.21. The highest BCUT2D eigenvalue weighted by atomic mass is 79.9. The Morgan fingerprint density at radius 2 is 2.25 bits per heavy atom. The fourth-order valence-electron chi connectivity index (χ4n) is 1.91. The zero-order chi connectivity index (χ0) is 14.7. The van der Waals surface area contributed by atoms with E-state index in [4.69, 9.17) is 11.6 Å². The van der Waals surface area contributed by atoms with Crippen LogP contribution < -0.4 is 5.32 Å². The van der Waals surface area contributed by atoms with E-state index in [0.717, 1.165) is 23.0 Å². The molecule has 0 saturated heterocycles. The second-order valence-corrected chi connectivity index (χ2v) is 5.80. The molecule has 0 aliphatic carbocycles. The van der Waals surface area contributed by atoms with Crippen molar-refractivity contribution in [1.82, 2.24) is 9.55 Å². The Kier molecular flexibility index (Phi) is 4.83. The number of carbonyl (C=O) groups excluding carboxylic acids is 1. The number of carbonyl (C=O) groups is 1. The average Bonchev–Trinajstić information content (AvgIpc) is 2.75. The predicted octanol–water partition coefficient (Wildman–Crippen LogP) is 4.27. The lowest BCUT2D eigenvalue weighted by molar-refractivity contribution is 0.101. The summed E-state index contributed by atoms with van der Waals surface area (Å²) in [4.78, 5) is 16.3. The highest BCUT2D eigenvalue weighted by Crippen LogP contribution is 2.19. The summed E-state index contributed by atoms with van der Waals surface area (Å²) in [5.41, 5.74) is 2.08. The molecule has 2 heterocycles. The Morgan fingerprint density at radius 3 is 2.90 bits per heavy atom. The van der Waals surface area contributed by atoms with Crippen LogP contribution in [0.15, 0.2) is 29.0 Å². The third-order valence-corrected chi connectivity index (χ3v) is 3.66. The van der Waals surface area contributed by atoms with Gasteiger partial charge in [0, 0.05) is 17.2 Å². The zero-order valence-corrected chi connectivity index (χ0v) is 13.6. The van der Waals surface area contributed by atoms with Gasteiger partial charge in [-0.15, -0.1) is 0 Å². The molecule has 1 N–H and O–H groups in total. The molecule has 0 radical (unpaired) electrons. The maximum absolute atomic E-state index is 12.3. The Bertz CT molecular complexity index is 639. The molecule has 2 aromatic heterocycles. The number of aryl methyl sites for hydroxylation is 2. The van der Waals surface area contributed by atoms with Crippen molar-refractivity contribution < 1.29 is 4.79 Å². The van der Waals surface area contributed by atoms with Gasteiger partial charge in [0.1, 0.15) is 10.8 Å². The van der Waals surface area contributed by atoms with Crippen LogP contribution >= 0.6 is 27.5 Å². The summed E-state index contributed by atoms with van der Waals surface area (Å²) in [6.45, 7) is 4.72. The molecule has 20 heavy (non-hydrogen) atoms. The number of amides is 1. The van der Waals surface area contributed by atoms with Gasteiger partial charge in [-0.25, -0.2) is 4.98 Å². The number of nitrogens with zero attached hydrogens (tertiary/aromatic N) is 2. The van der Waals surface area contributed by atoms with Gasteiger partial charge in [0.05, 0.1) is 11.9 Å². The third-order valence-electron chi connectivity index (χ3n) is 2.83. The Hall–Kier alpha value is -1.33. The normalized spacial score (nSPS) is 10.6.